The lowest BCUT2D eigenvalue weighted by Crippen LogP contribution is -2.37. The highest BCUT2D eigenvalue weighted by atomic mass is 16.5. The molecule has 6 heterocycles. The summed E-state index contributed by atoms with van der Waals surface area (Å²) in [5.74, 6) is 1.97. The molecule has 0 amide bonds. The summed E-state index contributed by atoms with van der Waals surface area (Å²) in [6.07, 6.45) is 3.67. The molecule has 0 aliphatic carbocycles. The van der Waals surface area contributed by atoms with E-state index in [1.165, 1.54) is 16.8 Å². The fraction of sp³-hybridized carbons (Fsp3) is 0.216. The number of morpholine rings is 2. The van der Waals surface area contributed by atoms with Crippen molar-refractivity contribution in [3.05, 3.63) is 169 Å². The van der Waals surface area contributed by atoms with Gasteiger partial charge in [-0.1, -0.05) is 92.4 Å². The average Bonchev–Trinajstić information content (AvgIpc) is 3.32. The van der Waals surface area contributed by atoms with E-state index in [2.05, 4.69) is 128 Å². The third-order valence-electron chi connectivity index (χ3n) is 10.9. The molecule has 2 N–H and O–H groups in total. The quantitative estimate of drug-likeness (QED) is 0.112. The van der Waals surface area contributed by atoms with Crippen molar-refractivity contribution >= 4 is 53.2 Å². The fourth-order valence-corrected chi connectivity index (χ4v) is 7.79. The topological polar surface area (TPSA) is 106 Å². The van der Waals surface area contributed by atoms with Crippen molar-refractivity contribution in [1.82, 2.24) is 19.9 Å². The van der Waals surface area contributed by atoms with Crippen LogP contribution in [0.1, 0.15) is 18.6 Å². The molecule has 8 aromatic rings. The smallest absolute Gasteiger partial charge is 0.138 e. The number of aromatic nitrogens is 4. The molecular weight excluding hydrogens is 767 g/mol. The number of hydrogen-bond donors (Lipinski definition) is 1. The minimum Gasteiger partial charge on any atom is -0.399 e. The Kier molecular flexibility index (Phi) is 14.4. The van der Waals surface area contributed by atoms with Crippen molar-refractivity contribution in [3.8, 4) is 22.5 Å². The molecule has 0 spiro atoms. The van der Waals surface area contributed by atoms with Crippen LogP contribution in [0.5, 0.6) is 0 Å². The van der Waals surface area contributed by atoms with Crippen molar-refractivity contribution in [2.45, 2.75) is 20.5 Å². The van der Waals surface area contributed by atoms with Gasteiger partial charge in [-0.05, 0) is 71.8 Å². The van der Waals surface area contributed by atoms with Gasteiger partial charge >= 0.3 is 0 Å². The van der Waals surface area contributed by atoms with Crippen molar-refractivity contribution < 1.29 is 9.47 Å². The van der Waals surface area contributed by atoms with Gasteiger partial charge in [-0.15, -0.1) is 0 Å². The van der Waals surface area contributed by atoms with Crippen LogP contribution in [-0.4, -0.2) is 81.0 Å². The van der Waals surface area contributed by atoms with Gasteiger partial charge < -0.3 is 29.9 Å². The molecule has 0 unspecified atom stereocenters. The predicted molar refractivity (Wildman–Crippen MR) is 256 cm³/mol. The molecule has 0 saturated carbocycles. The van der Waals surface area contributed by atoms with Crippen LogP contribution >= 0.6 is 0 Å². The summed E-state index contributed by atoms with van der Waals surface area (Å²) in [6.45, 7) is 7.97. The second-order valence-electron chi connectivity index (χ2n) is 15.0. The van der Waals surface area contributed by atoms with Crippen molar-refractivity contribution in [2.24, 2.45) is 0 Å². The van der Waals surface area contributed by atoms with Crippen molar-refractivity contribution in [2.75, 3.05) is 73.0 Å². The number of rotatable bonds is 9. The largest absolute Gasteiger partial charge is 0.399 e. The Balaban J connectivity index is 0.000000199. The van der Waals surface area contributed by atoms with Crippen LogP contribution in [0.4, 0.5) is 23.0 Å². The maximum absolute atomic E-state index is 5.79. The molecule has 0 atom stereocenters. The van der Waals surface area contributed by atoms with E-state index in [9.17, 15) is 0 Å². The van der Waals surface area contributed by atoms with Crippen LogP contribution < -0.4 is 20.4 Å². The number of benzene rings is 4. The molecule has 62 heavy (non-hydrogen) atoms. The minimum atomic E-state index is 0. The number of fused-ring (bicyclic) bond motifs is 2. The SMILES string of the molecule is C.Nc1ccc(-c2cc3ncccc3c(N3CCOCC3)n2)cc1.[B].c1ccc(CN(Cc2ccccc2)c2ccc(-c3cc4ncccc4c(N4CCOCC4)n3)cc2)cc1. The normalized spacial score (nSPS) is 13.7. The highest BCUT2D eigenvalue weighted by Gasteiger charge is 2.19. The Labute approximate surface area is 366 Å². The molecule has 311 valence electrons. The van der Waals surface area contributed by atoms with Crippen LogP contribution in [-0.2, 0) is 22.6 Å². The van der Waals surface area contributed by atoms with Crippen LogP contribution in [0.3, 0.4) is 0 Å². The van der Waals surface area contributed by atoms with E-state index in [1.54, 1.807) is 0 Å². The molecule has 2 saturated heterocycles. The minimum absolute atomic E-state index is 0. The van der Waals surface area contributed by atoms with Crippen molar-refractivity contribution in [1.29, 1.82) is 0 Å². The standard InChI is InChI=1S/C32H30N4O.C18H18N4O.CH4.B/c1-3-8-25(9-4-1)23-36(24-26-10-5-2-6-11-26)28-15-13-27(14-16-28)30-22-31-29(12-7-17-33-31)32(34-30)35-18-20-37-21-19-35;19-14-5-3-13(4-6-14)16-12-17-15(2-1-7-20-17)18(21-16)22-8-10-23-11-9-22;;/h1-17,22H,18-21,23-24H2;1-7,12H,8-11,19H2;1H4;. The Morgan fingerprint density at radius 1 is 0.516 bits per heavy atom. The zero-order valence-electron chi connectivity index (χ0n) is 34.2. The molecule has 10 nitrogen and oxygen atoms in total. The summed E-state index contributed by atoms with van der Waals surface area (Å²) in [5, 5.41) is 2.16. The lowest BCUT2D eigenvalue weighted by Gasteiger charge is -2.29. The zero-order chi connectivity index (χ0) is 40.5. The highest BCUT2D eigenvalue weighted by molar-refractivity contribution is 5.93. The number of hydrogen-bond acceptors (Lipinski definition) is 10. The maximum Gasteiger partial charge on any atom is 0.138 e. The van der Waals surface area contributed by atoms with E-state index in [-0.39, 0.29) is 15.8 Å². The van der Waals surface area contributed by atoms with Gasteiger partial charge in [0.15, 0.2) is 0 Å². The van der Waals surface area contributed by atoms with Crippen LogP contribution in [0, 0.1) is 0 Å². The molecule has 2 fully saturated rings. The first-order valence-corrected chi connectivity index (χ1v) is 20.6. The van der Waals surface area contributed by atoms with Gasteiger partial charge in [0, 0.05) is 93.3 Å². The van der Waals surface area contributed by atoms with Crippen molar-refractivity contribution in [3.63, 3.8) is 0 Å². The van der Waals surface area contributed by atoms with Gasteiger partial charge in [-0.3, -0.25) is 9.97 Å². The van der Waals surface area contributed by atoms with E-state index in [1.807, 2.05) is 54.9 Å². The monoisotopic (exact) mass is 819 g/mol. The molecule has 0 bridgehead atoms. The maximum atomic E-state index is 5.79. The first kappa shape index (κ1) is 43.3. The lowest BCUT2D eigenvalue weighted by atomic mass is 10.1. The highest BCUT2D eigenvalue weighted by Crippen LogP contribution is 2.32. The zero-order valence-corrected chi connectivity index (χ0v) is 34.2. The van der Waals surface area contributed by atoms with E-state index in [0.29, 0.717) is 0 Å². The van der Waals surface area contributed by atoms with E-state index in [0.717, 1.165) is 127 Å². The number of nitrogen functional groups attached to an aromatic ring is 1. The Hall–Kier alpha value is -6.82. The Morgan fingerprint density at radius 3 is 1.37 bits per heavy atom. The Morgan fingerprint density at radius 2 is 0.935 bits per heavy atom. The first-order valence-electron chi connectivity index (χ1n) is 20.6. The van der Waals surface area contributed by atoms with Gasteiger partial charge in [0.25, 0.3) is 0 Å². The molecule has 2 aliphatic rings. The third-order valence-corrected chi connectivity index (χ3v) is 10.9. The number of anilines is 4. The van der Waals surface area contributed by atoms with Gasteiger partial charge in [-0.25, -0.2) is 9.97 Å². The second kappa shape index (κ2) is 20.6. The summed E-state index contributed by atoms with van der Waals surface area (Å²) in [6, 6.07) is 50.1. The lowest BCUT2D eigenvalue weighted by molar-refractivity contribution is 0.122. The molecule has 4 aromatic carbocycles. The van der Waals surface area contributed by atoms with Crippen LogP contribution in [0.15, 0.2) is 158 Å². The second-order valence-corrected chi connectivity index (χ2v) is 15.0. The summed E-state index contributed by atoms with van der Waals surface area (Å²) >= 11 is 0. The number of ether oxygens (including phenoxy) is 2. The van der Waals surface area contributed by atoms with E-state index < -0.39 is 0 Å². The molecule has 4 aromatic heterocycles. The summed E-state index contributed by atoms with van der Waals surface area (Å²) < 4.78 is 11.0. The average molecular weight is 820 g/mol. The summed E-state index contributed by atoms with van der Waals surface area (Å²) in [7, 11) is 0. The first-order chi connectivity index (χ1) is 29.6. The number of pyridine rings is 4. The summed E-state index contributed by atoms with van der Waals surface area (Å²) in [5.41, 5.74) is 16.2. The van der Waals surface area contributed by atoms with Gasteiger partial charge in [0.05, 0.1) is 48.8 Å². The van der Waals surface area contributed by atoms with Crippen LogP contribution in [0.2, 0.25) is 0 Å². The molecule has 11 heteroatoms. The van der Waals surface area contributed by atoms with Gasteiger partial charge in [-0.2, -0.15) is 0 Å². The molecular formula is C51H52BN8O2. The molecule has 2 aliphatic heterocycles. The summed E-state index contributed by atoms with van der Waals surface area (Å²) in [4.78, 5) is 26.2. The fourth-order valence-electron chi connectivity index (χ4n) is 7.79. The van der Waals surface area contributed by atoms with Gasteiger partial charge in [0.1, 0.15) is 11.6 Å². The van der Waals surface area contributed by atoms with Crippen LogP contribution in [0.25, 0.3) is 44.3 Å². The number of nitrogens with zero attached hydrogens (tertiary/aromatic N) is 7. The molecule has 10 rings (SSSR count). The van der Waals surface area contributed by atoms with Gasteiger partial charge in [0.2, 0.25) is 0 Å². The third kappa shape index (κ3) is 10.2. The molecule has 3 radical (unpaired) electrons. The van der Waals surface area contributed by atoms with E-state index >= 15 is 0 Å². The predicted octanol–water partition coefficient (Wildman–Crippen LogP) is 9.31. The van der Waals surface area contributed by atoms with E-state index in [4.69, 9.17) is 25.2 Å². The Bertz CT molecular complexity index is 2600. The number of nitrogens with two attached hydrogens (primary N) is 1.